The Morgan fingerprint density at radius 2 is 1.71 bits per heavy atom. The van der Waals surface area contributed by atoms with Crippen molar-refractivity contribution in [2.75, 3.05) is 12.3 Å². The average molecular weight is 403 g/mol. The summed E-state index contributed by atoms with van der Waals surface area (Å²) in [6, 6.07) is 15.5. The molecule has 150 valence electrons. The van der Waals surface area contributed by atoms with Gasteiger partial charge in [0.2, 0.25) is 11.8 Å². The Kier molecular flexibility index (Phi) is 9.01. The van der Waals surface area contributed by atoms with E-state index < -0.39 is 6.04 Å². The number of hydrogen-bond acceptors (Lipinski definition) is 3. The molecule has 1 N–H and O–H groups in total. The van der Waals surface area contributed by atoms with E-state index in [0.717, 1.165) is 16.9 Å². The van der Waals surface area contributed by atoms with Crippen LogP contribution in [0.25, 0.3) is 0 Å². The lowest BCUT2D eigenvalue weighted by Gasteiger charge is -2.30. The smallest absolute Gasteiger partial charge is 0.242 e. The number of carbonyl (C=O) groups excluding carboxylic acids is 2. The number of carbonyl (C=O) groups is 2. The van der Waals surface area contributed by atoms with Crippen molar-refractivity contribution in [2.24, 2.45) is 0 Å². The third-order valence-corrected chi connectivity index (χ3v) is 5.33. The number of amides is 2. The summed E-state index contributed by atoms with van der Waals surface area (Å²) < 4.78 is 13.2. The first-order valence-corrected chi connectivity index (χ1v) is 10.6. The lowest BCUT2D eigenvalue weighted by atomic mass is 10.1. The first-order valence-electron chi connectivity index (χ1n) is 9.48. The van der Waals surface area contributed by atoms with Crippen LogP contribution in [0.3, 0.4) is 0 Å². The van der Waals surface area contributed by atoms with Gasteiger partial charge in [0.1, 0.15) is 11.9 Å². The van der Waals surface area contributed by atoms with Gasteiger partial charge in [-0.05, 0) is 36.6 Å². The number of benzene rings is 2. The van der Waals surface area contributed by atoms with E-state index >= 15 is 0 Å². The zero-order chi connectivity index (χ0) is 20.4. The van der Waals surface area contributed by atoms with Crippen LogP contribution in [-0.4, -0.2) is 35.1 Å². The van der Waals surface area contributed by atoms with Crippen molar-refractivity contribution >= 4 is 23.6 Å². The van der Waals surface area contributed by atoms with E-state index in [4.69, 9.17) is 0 Å². The molecule has 0 bridgehead atoms. The molecule has 0 saturated carbocycles. The molecule has 0 unspecified atom stereocenters. The highest BCUT2D eigenvalue weighted by atomic mass is 32.2. The second-order valence-electron chi connectivity index (χ2n) is 6.45. The van der Waals surface area contributed by atoms with Crippen LogP contribution in [0, 0.1) is 5.82 Å². The van der Waals surface area contributed by atoms with Gasteiger partial charge in [0, 0.05) is 18.8 Å². The van der Waals surface area contributed by atoms with E-state index in [9.17, 15) is 14.0 Å². The molecule has 0 heterocycles. The van der Waals surface area contributed by atoms with Crippen LogP contribution in [0.1, 0.15) is 31.4 Å². The summed E-state index contributed by atoms with van der Waals surface area (Å²) in [6.07, 6.45) is 0.516. The fourth-order valence-corrected chi connectivity index (χ4v) is 3.78. The molecule has 1 atom stereocenters. The highest BCUT2D eigenvalue weighted by Crippen LogP contribution is 2.17. The lowest BCUT2D eigenvalue weighted by molar-refractivity contribution is -0.139. The molecule has 0 radical (unpaired) electrons. The number of likely N-dealkylation sites (N-methyl/N-ethyl adjacent to an activating group) is 1. The Morgan fingerprint density at radius 1 is 1.04 bits per heavy atom. The number of thioether (sulfide) groups is 1. The molecule has 4 nitrogen and oxygen atoms in total. The number of hydrogen-bond donors (Lipinski definition) is 1. The molecule has 0 aromatic heterocycles. The molecule has 0 aliphatic heterocycles. The maximum Gasteiger partial charge on any atom is 0.242 e. The van der Waals surface area contributed by atoms with E-state index in [1.54, 1.807) is 17.0 Å². The molecule has 28 heavy (non-hydrogen) atoms. The van der Waals surface area contributed by atoms with Crippen molar-refractivity contribution in [1.29, 1.82) is 0 Å². The second kappa shape index (κ2) is 11.5. The van der Waals surface area contributed by atoms with Crippen LogP contribution in [0.5, 0.6) is 0 Å². The summed E-state index contributed by atoms with van der Waals surface area (Å²) in [5.74, 6) is 0.439. The van der Waals surface area contributed by atoms with Gasteiger partial charge in [-0.3, -0.25) is 9.59 Å². The van der Waals surface area contributed by atoms with Gasteiger partial charge in [0.25, 0.3) is 0 Å². The van der Waals surface area contributed by atoms with Crippen LogP contribution in [0.15, 0.2) is 54.6 Å². The van der Waals surface area contributed by atoms with Crippen LogP contribution < -0.4 is 5.32 Å². The van der Waals surface area contributed by atoms with E-state index in [1.165, 1.54) is 23.9 Å². The number of nitrogens with zero attached hydrogens (tertiary/aromatic N) is 1. The predicted octanol–water partition coefficient (Wildman–Crippen LogP) is 4.00. The first kappa shape index (κ1) is 22.0. The predicted molar refractivity (Wildman–Crippen MR) is 112 cm³/mol. The maximum atomic E-state index is 13.2. The van der Waals surface area contributed by atoms with E-state index in [0.29, 0.717) is 13.0 Å². The van der Waals surface area contributed by atoms with Gasteiger partial charge in [0.05, 0.1) is 5.75 Å². The van der Waals surface area contributed by atoms with Gasteiger partial charge >= 0.3 is 0 Å². The summed E-state index contributed by atoms with van der Waals surface area (Å²) in [6.45, 7) is 4.53. The molecule has 2 rings (SSSR count). The van der Waals surface area contributed by atoms with Gasteiger partial charge in [0.15, 0.2) is 0 Å². The highest BCUT2D eigenvalue weighted by molar-refractivity contribution is 7.99. The van der Waals surface area contributed by atoms with Crippen molar-refractivity contribution in [2.45, 2.75) is 38.6 Å². The van der Waals surface area contributed by atoms with Crippen LogP contribution in [0.4, 0.5) is 4.39 Å². The Hall–Kier alpha value is -2.34. The molecular formula is C22H27FN2O2S. The molecule has 2 aromatic carbocycles. The number of halogens is 1. The second-order valence-corrected chi connectivity index (χ2v) is 7.43. The van der Waals surface area contributed by atoms with Gasteiger partial charge in [-0.2, -0.15) is 0 Å². The van der Waals surface area contributed by atoms with Gasteiger partial charge < -0.3 is 10.2 Å². The van der Waals surface area contributed by atoms with Crippen molar-refractivity contribution in [1.82, 2.24) is 10.2 Å². The maximum absolute atomic E-state index is 13.2. The van der Waals surface area contributed by atoms with E-state index in [-0.39, 0.29) is 29.9 Å². The van der Waals surface area contributed by atoms with Gasteiger partial charge in [-0.15, -0.1) is 11.8 Å². The first-order chi connectivity index (χ1) is 13.5. The molecule has 0 aliphatic rings. The Labute approximate surface area is 170 Å². The summed E-state index contributed by atoms with van der Waals surface area (Å²) >= 11 is 1.53. The highest BCUT2D eigenvalue weighted by Gasteiger charge is 2.28. The van der Waals surface area contributed by atoms with E-state index in [1.807, 2.05) is 44.2 Å². The van der Waals surface area contributed by atoms with Gasteiger partial charge in [-0.25, -0.2) is 4.39 Å². The zero-order valence-corrected chi connectivity index (χ0v) is 17.2. The molecule has 2 amide bonds. The van der Waals surface area contributed by atoms with Gasteiger partial charge in [-0.1, -0.05) is 49.4 Å². The minimum absolute atomic E-state index is 0.0941. The Bertz CT molecular complexity index is 753. The third kappa shape index (κ3) is 6.68. The number of rotatable bonds is 10. The fourth-order valence-electron chi connectivity index (χ4n) is 2.91. The number of nitrogens with one attached hydrogen (secondary N) is 1. The largest absolute Gasteiger partial charge is 0.355 e. The summed E-state index contributed by atoms with van der Waals surface area (Å²) in [5, 5.41) is 2.81. The monoisotopic (exact) mass is 402 g/mol. The summed E-state index contributed by atoms with van der Waals surface area (Å²) in [5.41, 5.74) is 1.95. The minimum Gasteiger partial charge on any atom is -0.355 e. The van der Waals surface area contributed by atoms with Crippen molar-refractivity contribution in [3.05, 3.63) is 71.5 Å². The van der Waals surface area contributed by atoms with Crippen molar-refractivity contribution in [3.8, 4) is 0 Å². The molecular weight excluding hydrogens is 375 g/mol. The molecule has 0 spiro atoms. The lowest BCUT2D eigenvalue weighted by Crippen LogP contribution is -2.49. The van der Waals surface area contributed by atoms with Crippen LogP contribution >= 0.6 is 11.8 Å². The fraction of sp³-hybridized carbons (Fsp3) is 0.364. The molecule has 0 aliphatic carbocycles. The zero-order valence-electron chi connectivity index (χ0n) is 16.4. The summed E-state index contributed by atoms with van der Waals surface area (Å²) in [7, 11) is 0. The average Bonchev–Trinajstić information content (AvgIpc) is 2.70. The van der Waals surface area contributed by atoms with Crippen molar-refractivity contribution < 1.29 is 14.0 Å². The molecule has 0 saturated heterocycles. The van der Waals surface area contributed by atoms with Crippen LogP contribution in [-0.2, 0) is 21.9 Å². The minimum atomic E-state index is -0.546. The molecule has 6 heteroatoms. The van der Waals surface area contributed by atoms with E-state index in [2.05, 4.69) is 5.32 Å². The van der Waals surface area contributed by atoms with Crippen LogP contribution in [0.2, 0.25) is 0 Å². The molecule has 0 fully saturated rings. The quantitative estimate of drug-likeness (QED) is 0.653. The molecule has 2 aromatic rings. The normalized spacial score (nSPS) is 11.7. The standard InChI is InChI=1S/C22H27FN2O2S/c1-3-20(22(27)24-4-2)25(14-17-10-12-19(23)13-11-17)21(26)16-28-15-18-8-6-5-7-9-18/h5-13,20H,3-4,14-16H2,1-2H3,(H,24,27)/t20-/m1/s1. The SMILES string of the molecule is CCNC(=O)[C@@H](CC)N(Cc1ccc(F)cc1)C(=O)CSCc1ccccc1. The Morgan fingerprint density at radius 3 is 2.32 bits per heavy atom. The van der Waals surface area contributed by atoms with Crippen molar-refractivity contribution in [3.63, 3.8) is 0 Å². The Balaban J connectivity index is 2.09. The summed E-state index contributed by atoms with van der Waals surface area (Å²) in [4.78, 5) is 27.1. The topological polar surface area (TPSA) is 49.4 Å². The third-order valence-electron chi connectivity index (χ3n) is 4.34.